The van der Waals surface area contributed by atoms with Crippen molar-refractivity contribution in [1.29, 1.82) is 5.26 Å². The number of esters is 1. The topological polar surface area (TPSA) is 117 Å². The Morgan fingerprint density at radius 2 is 1.75 bits per heavy atom. The second kappa shape index (κ2) is 10.7. The fraction of sp³-hybridized carbons (Fsp3) is 0.250. The van der Waals surface area contributed by atoms with Crippen molar-refractivity contribution in [3.63, 3.8) is 0 Å². The molecule has 8 heteroatoms. The molecular weight excluding hydrogens is 508 g/mol. The summed E-state index contributed by atoms with van der Waals surface area (Å²) in [7, 11) is 0. The maximum absolute atomic E-state index is 13.1. The fourth-order valence-corrected chi connectivity index (χ4v) is 5.23. The Balaban J connectivity index is 1.50. The summed E-state index contributed by atoms with van der Waals surface area (Å²) >= 11 is 0. The lowest BCUT2D eigenvalue weighted by Crippen LogP contribution is -2.21. The van der Waals surface area contributed by atoms with Gasteiger partial charge in [0.2, 0.25) is 11.6 Å². The minimum atomic E-state index is -0.618. The quantitative estimate of drug-likeness (QED) is 0.207. The highest BCUT2D eigenvalue weighted by molar-refractivity contribution is 5.98. The summed E-state index contributed by atoms with van der Waals surface area (Å²) < 4.78 is 28.9. The lowest BCUT2D eigenvalue weighted by atomic mass is 9.83. The van der Waals surface area contributed by atoms with E-state index in [0.29, 0.717) is 41.6 Å². The van der Waals surface area contributed by atoms with Crippen molar-refractivity contribution in [3.05, 3.63) is 93.6 Å². The zero-order chi connectivity index (χ0) is 28.6. The summed E-state index contributed by atoms with van der Waals surface area (Å²) in [6.45, 7) is 10.5. The molecule has 1 aliphatic rings. The third-order valence-electron chi connectivity index (χ3n) is 6.86. The zero-order valence-corrected chi connectivity index (χ0v) is 23.1. The lowest BCUT2D eigenvalue weighted by Gasteiger charge is -2.27. The Hall–Kier alpha value is -4.90. The monoisotopic (exact) mass is 538 g/mol. The van der Waals surface area contributed by atoms with Crippen molar-refractivity contribution in [2.75, 3.05) is 13.2 Å². The first-order valence-corrected chi connectivity index (χ1v) is 13.1. The molecule has 0 radical (unpaired) electrons. The molecule has 1 unspecified atom stereocenters. The largest absolute Gasteiger partial charge is 0.490 e. The molecule has 0 amide bonds. The smallest absolute Gasteiger partial charge is 0.379 e. The van der Waals surface area contributed by atoms with Gasteiger partial charge in [-0.1, -0.05) is 18.2 Å². The Kier molecular flexibility index (Phi) is 7.14. The molecule has 0 aliphatic carbocycles. The van der Waals surface area contributed by atoms with E-state index >= 15 is 0 Å². The van der Waals surface area contributed by atoms with Crippen molar-refractivity contribution in [1.82, 2.24) is 0 Å². The molecular formula is C32H30N2O6. The summed E-state index contributed by atoms with van der Waals surface area (Å²) in [6, 6.07) is 16.7. The van der Waals surface area contributed by atoms with E-state index in [0.717, 1.165) is 27.6 Å². The standard InChI is InChI=1S/C32H30N2O6/c1-6-36-24-11-8-20(14-26(24)37-7-2)29-22-10-9-21(15-25(22)40-31(34)23(29)16-33)38-32(35)30-19(5)28-18(4)12-17(3)13-27(28)39-30/h8-15,29H,6-7,34H2,1-5H3. The van der Waals surface area contributed by atoms with E-state index < -0.39 is 11.9 Å². The van der Waals surface area contributed by atoms with Crippen LogP contribution < -0.4 is 24.7 Å². The Morgan fingerprint density at radius 1 is 1.00 bits per heavy atom. The van der Waals surface area contributed by atoms with E-state index in [1.54, 1.807) is 18.2 Å². The predicted molar refractivity (Wildman–Crippen MR) is 150 cm³/mol. The van der Waals surface area contributed by atoms with Gasteiger partial charge in [0.25, 0.3) is 0 Å². The molecule has 1 aliphatic heterocycles. The van der Waals surface area contributed by atoms with Crippen molar-refractivity contribution < 1.29 is 28.2 Å². The zero-order valence-electron chi connectivity index (χ0n) is 23.1. The first kappa shape index (κ1) is 26.7. The number of hydrogen-bond donors (Lipinski definition) is 1. The van der Waals surface area contributed by atoms with Gasteiger partial charge in [0, 0.05) is 22.6 Å². The number of hydrogen-bond acceptors (Lipinski definition) is 8. The highest BCUT2D eigenvalue weighted by atomic mass is 16.5. The molecule has 0 fully saturated rings. The normalized spacial score (nSPS) is 14.3. The first-order valence-electron chi connectivity index (χ1n) is 13.1. The van der Waals surface area contributed by atoms with Crippen molar-refractivity contribution in [2.24, 2.45) is 5.73 Å². The number of nitrogens with two attached hydrogens (primary N) is 1. The van der Waals surface area contributed by atoms with Crippen LogP contribution in [0.4, 0.5) is 0 Å². The third kappa shape index (κ3) is 4.71. The maximum atomic E-state index is 13.1. The van der Waals surface area contributed by atoms with Crippen LogP contribution in [0.15, 0.2) is 64.4 Å². The molecule has 1 aromatic heterocycles. The molecule has 0 saturated heterocycles. The summed E-state index contributed by atoms with van der Waals surface area (Å²) in [4.78, 5) is 13.1. The molecule has 40 heavy (non-hydrogen) atoms. The average Bonchev–Trinajstić information content (AvgIpc) is 3.25. The highest BCUT2D eigenvalue weighted by Crippen LogP contribution is 2.45. The minimum Gasteiger partial charge on any atom is -0.490 e. The summed E-state index contributed by atoms with van der Waals surface area (Å²) in [5.41, 5.74) is 11.4. The van der Waals surface area contributed by atoms with Crippen LogP contribution in [0.3, 0.4) is 0 Å². The van der Waals surface area contributed by atoms with Crippen LogP contribution >= 0.6 is 0 Å². The molecule has 3 aromatic carbocycles. The number of carbonyl (C=O) groups is 1. The van der Waals surface area contributed by atoms with E-state index in [2.05, 4.69) is 6.07 Å². The summed E-state index contributed by atoms with van der Waals surface area (Å²) in [5.74, 6) is 0.812. The van der Waals surface area contributed by atoms with E-state index in [1.807, 2.05) is 65.0 Å². The van der Waals surface area contributed by atoms with Crippen LogP contribution in [0.5, 0.6) is 23.0 Å². The molecule has 0 spiro atoms. The molecule has 8 nitrogen and oxygen atoms in total. The SMILES string of the molecule is CCOc1ccc(C2C(C#N)=C(N)Oc3cc(OC(=O)c4oc5cc(C)cc(C)c5c4C)ccc32)cc1OCC. The van der Waals surface area contributed by atoms with Crippen molar-refractivity contribution in [2.45, 2.75) is 40.5 Å². The number of aryl methyl sites for hydroxylation is 3. The number of nitrogens with zero attached hydrogens (tertiary/aromatic N) is 1. The van der Waals surface area contributed by atoms with Gasteiger partial charge in [0.15, 0.2) is 11.5 Å². The van der Waals surface area contributed by atoms with Gasteiger partial charge >= 0.3 is 5.97 Å². The lowest BCUT2D eigenvalue weighted by molar-refractivity contribution is 0.0702. The Bertz CT molecular complexity index is 1710. The number of ether oxygens (including phenoxy) is 4. The van der Waals surface area contributed by atoms with E-state index in [4.69, 9.17) is 29.1 Å². The van der Waals surface area contributed by atoms with E-state index in [-0.39, 0.29) is 23.0 Å². The number of benzene rings is 3. The molecule has 1 atom stereocenters. The summed E-state index contributed by atoms with van der Waals surface area (Å²) in [6.07, 6.45) is 0. The highest BCUT2D eigenvalue weighted by Gasteiger charge is 2.32. The van der Waals surface area contributed by atoms with Gasteiger partial charge in [-0.2, -0.15) is 5.26 Å². The van der Waals surface area contributed by atoms with Gasteiger partial charge in [0.05, 0.1) is 19.1 Å². The first-order chi connectivity index (χ1) is 19.2. The maximum Gasteiger partial charge on any atom is 0.379 e. The second-order valence-electron chi connectivity index (χ2n) is 9.60. The number of carbonyl (C=O) groups excluding carboxylic acids is 1. The minimum absolute atomic E-state index is 0.0192. The number of allylic oxidation sites excluding steroid dienone is 1. The number of nitriles is 1. The number of fused-ring (bicyclic) bond motifs is 2. The molecule has 5 rings (SSSR count). The average molecular weight is 539 g/mol. The fourth-order valence-electron chi connectivity index (χ4n) is 5.23. The van der Waals surface area contributed by atoms with Crippen LogP contribution in [-0.2, 0) is 0 Å². The predicted octanol–water partition coefficient (Wildman–Crippen LogP) is 6.59. The number of rotatable bonds is 7. The third-order valence-corrected chi connectivity index (χ3v) is 6.86. The molecule has 2 N–H and O–H groups in total. The van der Waals surface area contributed by atoms with Gasteiger partial charge in [-0.05, 0) is 75.6 Å². The Labute approximate surface area is 232 Å². The van der Waals surface area contributed by atoms with Crippen molar-refractivity contribution in [3.8, 4) is 29.1 Å². The summed E-state index contributed by atoms with van der Waals surface area (Å²) in [5, 5.41) is 10.8. The number of furan rings is 1. The van der Waals surface area contributed by atoms with Crippen LogP contribution in [0.2, 0.25) is 0 Å². The molecule has 0 saturated carbocycles. The molecule has 2 heterocycles. The molecule has 204 valence electrons. The second-order valence-corrected chi connectivity index (χ2v) is 9.60. The van der Waals surface area contributed by atoms with Crippen LogP contribution in [0.1, 0.15) is 58.1 Å². The van der Waals surface area contributed by atoms with Crippen LogP contribution in [0, 0.1) is 32.1 Å². The van der Waals surface area contributed by atoms with Crippen molar-refractivity contribution >= 4 is 16.9 Å². The van der Waals surface area contributed by atoms with Gasteiger partial charge < -0.3 is 29.1 Å². The van der Waals surface area contributed by atoms with E-state index in [9.17, 15) is 10.1 Å². The molecule has 0 bridgehead atoms. The van der Waals surface area contributed by atoms with Crippen LogP contribution in [-0.4, -0.2) is 19.2 Å². The van der Waals surface area contributed by atoms with Gasteiger partial charge in [0.1, 0.15) is 28.7 Å². The van der Waals surface area contributed by atoms with Gasteiger partial charge in [-0.3, -0.25) is 0 Å². The van der Waals surface area contributed by atoms with Gasteiger partial charge in [-0.15, -0.1) is 0 Å². The Morgan fingerprint density at radius 3 is 2.48 bits per heavy atom. The van der Waals surface area contributed by atoms with Crippen LogP contribution in [0.25, 0.3) is 11.0 Å². The van der Waals surface area contributed by atoms with E-state index in [1.165, 1.54) is 0 Å². The van der Waals surface area contributed by atoms with Gasteiger partial charge in [-0.25, -0.2) is 4.79 Å². The molecule has 4 aromatic rings.